The highest BCUT2D eigenvalue weighted by atomic mass is 19.1. The number of pyridine rings is 1. The molecule has 0 radical (unpaired) electrons. The van der Waals surface area contributed by atoms with Crippen molar-refractivity contribution in [3.05, 3.63) is 59.8 Å². The summed E-state index contributed by atoms with van der Waals surface area (Å²) in [5.74, 6) is -0.763. The Labute approximate surface area is 205 Å². The van der Waals surface area contributed by atoms with E-state index in [0.29, 0.717) is 29.9 Å². The number of nitrogens with one attached hydrogen (secondary N) is 2. The normalized spacial score (nSPS) is 15.7. The first-order valence-corrected chi connectivity index (χ1v) is 12.4. The molecule has 1 aliphatic rings. The average Bonchev–Trinajstić information content (AvgIpc) is 3.21. The van der Waals surface area contributed by atoms with Crippen molar-refractivity contribution >= 4 is 22.7 Å². The Morgan fingerprint density at radius 2 is 1.91 bits per heavy atom. The van der Waals surface area contributed by atoms with Gasteiger partial charge in [0.05, 0.1) is 0 Å². The molecule has 3 aromatic rings. The molecule has 0 spiro atoms. The number of aromatic nitrogens is 3. The smallest absolute Gasteiger partial charge is 0.273 e. The van der Waals surface area contributed by atoms with E-state index < -0.39 is 23.2 Å². The molecule has 2 heterocycles. The van der Waals surface area contributed by atoms with Crippen LogP contribution >= 0.6 is 0 Å². The van der Waals surface area contributed by atoms with E-state index in [1.165, 1.54) is 25.3 Å². The summed E-state index contributed by atoms with van der Waals surface area (Å²) in [6, 6.07) is 7.57. The monoisotopic (exact) mass is 479 g/mol. The minimum absolute atomic E-state index is 0.143. The van der Waals surface area contributed by atoms with E-state index in [1.54, 1.807) is 35.3 Å². The molecule has 1 saturated carbocycles. The number of carbonyl (C=O) groups excluding carboxylic acids is 2. The van der Waals surface area contributed by atoms with Gasteiger partial charge < -0.3 is 10.6 Å². The number of amides is 2. The lowest BCUT2D eigenvalue weighted by Crippen LogP contribution is -2.53. The average molecular weight is 480 g/mol. The van der Waals surface area contributed by atoms with Crippen LogP contribution in [0.4, 0.5) is 4.39 Å². The van der Waals surface area contributed by atoms with Gasteiger partial charge in [-0.15, -0.1) is 0 Å². The summed E-state index contributed by atoms with van der Waals surface area (Å²) in [5, 5.41) is 10.8. The fourth-order valence-electron chi connectivity index (χ4n) is 4.78. The second-order valence-electron chi connectivity index (χ2n) is 10.5. The van der Waals surface area contributed by atoms with Crippen molar-refractivity contribution in [2.45, 2.75) is 72.0 Å². The van der Waals surface area contributed by atoms with E-state index in [1.807, 2.05) is 26.8 Å². The Balaban J connectivity index is 1.56. The standard InChI is InChI=1S/C27H34FN5O2/c1-27(2,3)24(26(35)30-16-19-11-8-14-29-15-19)31-25(34)22-20-12-7-13-21(28)23(20)33(32-22)17-18-9-5-4-6-10-18/h7-8,11-15,18,24H,4-6,9-10,16-17H2,1-3H3,(H,30,35)(H,31,34)/t24-/m1/s1. The number of benzene rings is 1. The van der Waals surface area contributed by atoms with Crippen LogP contribution in [0.15, 0.2) is 42.7 Å². The quantitative estimate of drug-likeness (QED) is 0.518. The fraction of sp³-hybridized carbons (Fsp3) is 0.481. The fourth-order valence-corrected chi connectivity index (χ4v) is 4.78. The molecule has 1 aliphatic carbocycles. The molecule has 1 fully saturated rings. The van der Waals surface area contributed by atoms with E-state index >= 15 is 0 Å². The number of hydrogen-bond acceptors (Lipinski definition) is 4. The Kier molecular flexibility index (Phi) is 7.48. The van der Waals surface area contributed by atoms with Crippen molar-refractivity contribution in [1.29, 1.82) is 0 Å². The van der Waals surface area contributed by atoms with Gasteiger partial charge in [0.15, 0.2) is 5.69 Å². The zero-order chi connectivity index (χ0) is 25.0. The third-order valence-electron chi connectivity index (χ3n) is 6.68. The molecule has 35 heavy (non-hydrogen) atoms. The molecular weight excluding hydrogens is 445 g/mol. The molecule has 8 heteroatoms. The molecule has 4 rings (SSSR count). The first-order chi connectivity index (χ1) is 16.7. The predicted octanol–water partition coefficient (Wildman–Crippen LogP) is 4.61. The number of nitrogens with zero attached hydrogens (tertiary/aromatic N) is 3. The molecule has 1 aromatic carbocycles. The summed E-state index contributed by atoms with van der Waals surface area (Å²) in [6.45, 7) is 6.56. The number of para-hydroxylation sites is 1. The van der Waals surface area contributed by atoms with Crippen LogP contribution in [0.5, 0.6) is 0 Å². The van der Waals surface area contributed by atoms with Gasteiger partial charge in [0.1, 0.15) is 17.4 Å². The van der Waals surface area contributed by atoms with Crippen molar-refractivity contribution in [3.63, 3.8) is 0 Å². The van der Waals surface area contributed by atoms with E-state index in [-0.39, 0.29) is 11.6 Å². The highest BCUT2D eigenvalue weighted by molar-refractivity contribution is 6.06. The van der Waals surface area contributed by atoms with Crippen LogP contribution in [0.2, 0.25) is 0 Å². The van der Waals surface area contributed by atoms with Gasteiger partial charge in [0.2, 0.25) is 5.91 Å². The molecular formula is C27H34FN5O2. The first-order valence-electron chi connectivity index (χ1n) is 12.4. The zero-order valence-electron chi connectivity index (χ0n) is 20.7. The lowest BCUT2D eigenvalue weighted by atomic mass is 9.86. The molecule has 0 aliphatic heterocycles. The van der Waals surface area contributed by atoms with Crippen LogP contribution in [-0.2, 0) is 17.9 Å². The molecule has 2 amide bonds. The van der Waals surface area contributed by atoms with E-state index in [9.17, 15) is 14.0 Å². The van der Waals surface area contributed by atoms with Gasteiger partial charge >= 0.3 is 0 Å². The molecule has 2 N–H and O–H groups in total. The van der Waals surface area contributed by atoms with Gasteiger partial charge in [-0.1, -0.05) is 58.2 Å². The summed E-state index contributed by atoms with van der Waals surface area (Å²) >= 11 is 0. The number of carbonyl (C=O) groups is 2. The van der Waals surface area contributed by atoms with Gasteiger partial charge in [-0.25, -0.2) is 4.39 Å². The molecule has 0 bridgehead atoms. The summed E-state index contributed by atoms with van der Waals surface area (Å²) in [6.07, 6.45) is 9.09. The predicted molar refractivity (Wildman–Crippen MR) is 133 cm³/mol. The third-order valence-corrected chi connectivity index (χ3v) is 6.68. The maximum Gasteiger partial charge on any atom is 0.273 e. The molecule has 0 unspecified atom stereocenters. The lowest BCUT2D eigenvalue weighted by Gasteiger charge is -2.30. The second kappa shape index (κ2) is 10.5. The van der Waals surface area contributed by atoms with E-state index in [0.717, 1.165) is 18.4 Å². The van der Waals surface area contributed by atoms with E-state index in [2.05, 4.69) is 20.7 Å². The topological polar surface area (TPSA) is 88.9 Å². The summed E-state index contributed by atoms with van der Waals surface area (Å²) in [5.41, 5.74) is 0.796. The largest absolute Gasteiger partial charge is 0.350 e. The highest BCUT2D eigenvalue weighted by Crippen LogP contribution is 2.29. The van der Waals surface area contributed by atoms with E-state index in [4.69, 9.17) is 0 Å². The van der Waals surface area contributed by atoms with Gasteiger partial charge in [-0.05, 0) is 41.9 Å². The van der Waals surface area contributed by atoms with Crippen LogP contribution in [-0.4, -0.2) is 32.6 Å². The van der Waals surface area contributed by atoms with Crippen LogP contribution in [0.25, 0.3) is 10.9 Å². The van der Waals surface area contributed by atoms with Gasteiger partial charge in [0, 0.05) is 30.9 Å². The molecule has 186 valence electrons. The lowest BCUT2D eigenvalue weighted by molar-refractivity contribution is -0.125. The van der Waals surface area contributed by atoms with Crippen molar-refractivity contribution in [3.8, 4) is 0 Å². The van der Waals surface area contributed by atoms with Crippen LogP contribution in [0, 0.1) is 17.2 Å². The third kappa shape index (κ3) is 5.86. The zero-order valence-corrected chi connectivity index (χ0v) is 20.7. The van der Waals surface area contributed by atoms with Gasteiger partial charge in [-0.2, -0.15) is 5.10 Å². The SMILES string of the molecule is CC(C)(C)[C@H](NC(=O)c1nn(CC2CCCCC2)c2c(F)cccc12)C(=O)NCc1cccnc1. The molecule has 1 atom stereocenters. The number of rotatable bonds is 7. The number of halogens is 1. The van der Waals surface area contributed by atoms with Crippen LogP contribution < -0.4 is 10.6 Å². The molecule has 0 saturated heterocycles. The van der Waals surface area contributed by atoms with Gasteiger partial charge in [0.25, 0.3) is 5.91 Å². The molecule has 2 aromatic heterocycles. The van der Waals surface area contributed by atoms with Crippen LogP contribution in [0.1, 0.15) is 68.9 Å². The van der Waals surface area contributed by atoms with Crippen molar-refractivity contribution in [2.24, 2.45) is 11.3 Å². The van der Waals surface area contributed by atoms with Crippen molar-refractivity contribution in [2.75, 3.05) is 0 Å². The Morgan fingerprint density at radius 3 is 2.60 bits per heavy atom. The minimum atomic E-state index is -0.807. The molecule has 7 nitrogen and oxygen atoms in total. The van der Waals surface area contributed by atoms with Crippen LogP contribution in [0.3, 0.4) is 0 Å². The Bertz CT molecular complexity index is 1180. The summed E-state index contributed by atoms with van der Waals surface area (Å²) < 4.78 is 16.5. The Hall–Kier alpha value is -3.29. The number of hydrogen-bond donors (Lipinski definition) is 2. The second-order valence-corrected chi connectivity index (χ2v) is 10.5. The first kappa shape index (κ1) is 24.8. The summed E-state index contributed by atoms with van der Waals surface area (Å²) in [4.78, 5) is 30.6. The maximum absolute atomic E-state index is 14.9. The highest BCUT2D eigenvalue weighted by Gasteiger charge is 2.34. The number of fused-ring (bicyclic) bond motifs is 1. The minimum Gasteiger partial charge on any atom is -0.350 e. The maximum atomic E-state index is 14.9. The van der Waals surface area contributed by atoms with Crippen molar-refractivity contribution < 1.29 is 14.0 Å². The summed E-state index contributed by atoms with van der Waals surface area (Å²) in [7, 11) is 0. The Morgan fingerprint density at radius 1 is 1.14 bits per heavy atom. The van der Waals surface area contributed by atoms with Crippen molar-refractivity contribution in [1.82, 2.24) is 25.4 Å². The van der Waals surface area contributed by atoms with Gasteiger partial charge in [-0.3, -0.25) is 19.3 Å².